The lowest BCUT2D eigenvalue weighted by atomic mass is 9.95. The topological polar surface area (TPSA) is 56.5 Å². The third-order valence-corrected chi connectivity index (χ3v) is 4.49. The van der Waals surface area contributed by atoms with Crippen molar-refractivity contribution in [2.75, 3.05) is 0 Å². The van der Waals surface area contributed by atoms with Crippen LogP contribution in [0.2, 0.25) is 5.02 Å². The highest BCUT2D eigenvalue weighted by atomic mass is 35.5. The molecular formula is C21H19ClO4. The van der Waals surface area contributed by atoms with E-state index >= 15 is 0 Å². The molecule has 26 heavy (non-hydrogen) atoms. The minimum absolute atomic E-state index is 0.0198. The molecule has 1 aromatic heterocycles. The van der Waals surface area contributed by atoms with Gasteiger partial charge in [-0.1, -0.05) is 31.5 Å². The standard InChI is InChI=1S/C21H19ClO4/c1-12(2)17-10-18-15(9-20(23)26-19(18)7-13(17)3)11-25-21(24)14-5-4-6-16(22)8-14/h4-10,12H,11H2,1-3H3. The van der Waals surface area contributed by atoms with Gasteiger partial charge >= 0.3 is 11.6 Å². The van der Waals surface area contributed by atoms with Crippen molar-refractivity contribution in [2.24, 2.45) is 0 Å². The van der Waals surface area contributed by atoms with E-state index < -0.39 is 11.6 Å². The molecule has 0 saturated carbocycles. The number of fused-ring (bicyclic) bond motifs is 1. The van der Waals surface area contributed by atoms with Gasteiger partial charge in [0.2, 0.25) is 0 Å². The molecule has 0 spiro atoms. The number of benzene rings is 2. The van der Waals surface area contributed by atoms with E-state index in [4.69, 9.17) is 20.8 Å². The second-order valence-electron chi connectivity index (χ2n) is 6.54. The van der Waals surface area contributed by atoms with Crippen molar-refractivity contribution < 1.29 is 13.9 Å². The molecule has 1 heterocycles. The maximum Gasteiger partial charge on any atom is 0.338 e. The fourth-order valence-electron chi connectivity index (χ4n) is 2.97. The minimum atomic E-state index is -0.495. The summed E-state index contributed by atoms with van der Waals surface area (Å²) in [6, 6.07) is 11.8. The van der Waals surface area contributed by atoms with Crippen LogP contribution < -0.4 is 5.63 Å². The van der Waals surface area contributed by atoms with E-state index in [9.17, 15) is 9.59 Å². The number of ether oxygens (including phenoxy) is 1. The summed E-state index contributed by atoms with van der Waals surface area (Å²) >= 11 is 5.91. The maximum absolute atomic E-state index is 12.2. The zero-order chi connectivity index (χ0) is 18.8. The summed E-state index contributed by atoms with van der Waals surface area (Å²) in [7, 11) is 0. The smallest absolute Gasteiger partial charge is 0.338 e. The molecule has 0 amide bonds. The zero-order valence-corrected chi connectivity index (χ0v) is 15.6. The molecule has 3 aromatic rings. The SMILES string of the molecule is Cc1cc2oc(=O)cc(COC(=O)c3cccc(Cl)c3)c2cc1C(C)C. The van der Waals surface area contributed by atoms with Crippen LogP contribution in [0.5, 0.6) is 0 Å². The molecule has 0 atom stereocenters. The third-order valence-electron chi connectivity index (χ3n) is 4.26. The summed E-state index contributed by atoms with van der Waals surface area (Å²) in [4.78, 5) is 24.1. The lowest BCUT2D eigenvalue weighted by Crippen LogP contribution is -2.08. The molecule has 4 nitrogen and oxygen atoms in total. The van der Waals surface area contributed by atoms with E-state index in [2.05, 4.69) is 13.8 Å². The molecule has 5 heteroatoms. The van der Waals surface area contributed by atoms with E-state index in [1.165, 1.54) is 6.07 Å². The lowest BCUT2D eigenvalue weighted by Gasteiger charge is -2.13. The predicted molar refractivity (Wildman–Crippen MR) is 102 cm³/mol. The summed E-state index contributed by atoms with van der Waals surface area (Å²) < 4.78 is 10.7. The van der Waals surface area contributed by atoms with Gasteiger partial charge in [0.1, 0.15) is 12.2 Å². The van der Waals surface area contributed by atoms with Crippen molar-refractivity contribution in [1.82, 2.24) is 0 Å². The Labute approximate surface area is 156 Å². The van der Waals surface area contributed by atoms with Crippen LogP contribution in [-0.2, 0) is 11.3 Å². The second kappa shape index (κ2) is 7.34. The highest BCUT2D eigenvalue weighted by Gasteiger charge is 2.14. The number of carbonyl (C=O) groups excluding carboxylic acids is 1. The van der Waals surface area contributed by atoms with E-state index in [1.54, 1.807) is 24.3 Å². The summed E-state index contributed by atoms with van der Waals surface area (Å²) in [6.07, 6.45) is 0. The van der Waals surface area contributed by atoms with E-state index in [0.29, 0.717) is 27.7 Å². The molecule has 0 unspecified atom stereocenters. The largest absolute Gasteiger partial charge is 0.457 e. The van der Waals surface area contributed by atoms with Crippen molar-refractivity contribution >= 4 is 28.5 Å². The Balaban J connectivity index is 1.95. The molecule has 0 aliphatic carbocycles. The van der Waals surface area contributed by atoms with Gasteiger partial charge < -0.3 is 9.15 Å². The van der Waals surface area contributed by atoms with E-state index in [1.807, 2.05) is 19.1 Å². The van der Waals surface area contributed by atoms with E-state index in [0.717, 1.165) is 16.5 Å². The van der Waals surface area contributed by atoms with E-state index in [-0.39, 0.29) is 6.61 Å². The van der Waals surface area contributed by atoms with Crippen molar-refractivity contribution in [3.8, 4) is 0 Å². The molecule has 0 N–H and O–H groups in total. The van der Waals surface area contributed by atoms with Gasteiger partial charge in [-0.15, -0.1) is 0 Å². The number of rotatable bonds is 4. The molecule has 134 valence electrons. The summed E-state index contributed by atoms with van der Waals surface area (Å²) in [5.41, 5.74) is 3.23. The number of hydrogen-bond donors (Lipinski definition) is 0. The number of aryl methyl sites for hydroxylation is 1. The van der Waals surface area contributed by atoms with Gasteiger partial charge in [0.15, 0.2) is 0 Å². The van der Waals surface area contributed by atoms with Crippen LogP contribution in [-0.4, -0.2) is 5.97 Å². The van der Waals surface area contributed by atoms with Crippen LogP contribution in [0.1, 0.15) is 46.8 Å². The van der Waals surface area contributed by atoms with Crippen molar-refractivity contribution in [1.29, 1.82) is 0 Å². The first kappa shape index (κ1) is 18.2. The molecule has 0 saturated heterocycles. The maximum atomic E-state index is 12.2. The van der Waals surface area contributed by atoms with Gasteiger partial charge in [0.25, 0.3) is 0 Å². The van der Waals surface area contributed by atoms with Crippen LogP contribution >= 0.6 is 11.6 Å². The highest BCUT2D eigenvalue weighted by Crippen LogP contribution is 2.27. The van der Waals surface area contributed by atoms with Crippen LogP contribution in [0, 0.1) is 6.92 Å². The Morgan fingerprint density at radius 1 is 1.19 bits per heavy atom. The number of halogens is 1. The molecule has 2 aromatic carbocycles. The van der Waals surface area contributed by atoms with Crippen molar-refractivity contribution in [3.63, 3.8) is 0 Å². The van der Waals surface area contributed by atoms with Gasteiger partial charge in [-0.25, -0.2) is 9.59 Å². The van der Waals surface area contributed by atoms with Gasteiger partial charge in [-0.3, -0.25) is 0 Å². The predicted octanol–water partition coefficient (Wildman–Crippen LogP) is 5.24. The summed E-state index contributed by atoms with van der Waals surface area (Å²) in [5.74, 6) is -0.168. The molecular weight excluding hydrogens is 352 g/mol. The first-order valence-corrected chi connectivity index (χ1v) is 8.73. The Morgan fingerprint density at radius 2 is 1.96 bits per heavy atom. The fraction of sp³-hybridized carbons (Fsp3) is 0.238. The van der Waals surface area contributed by atoms with Crippen LogP contribution in [0.4, 0.5) is 0 Å². The average molecular weight is 371 g/mol. The lowest BCUT2D eigenvalue weighted by molar-refractivity contribution is 0.0474. The molecule has 0 radical (unpaired) electrons. The molecule has 0 aliphatic rings. The van der Waals surface area contributed by atoms with Gasteiger partial charge in [0.05, 0.1) is 5.56 Å². The quantitative estimate of drug-likeness (QED) is 0.465. The summed E-state index contributed by atoms with van der Waals surface area (Å²) in [6.45, 7) is 6.17. The van der Waals surface area contributed by atoms with Gasteiger partial charge in [0, 0.05) is 22.0 Å². The van der Waals surface area contributed by atoms with Crippen molar-refractivity contribution in [2.45, 2.75) is 33.3 Å². The fourth-order valence-corrected chi connectivity index (χ4v) is 3.17. The Bertz CT molecular complexity index is 1030. The second-order valence-corrected chi connectivity index (χ2v) is 6.97. The van der Waals surface area contributed by atoms with Gasteiger partial charge in [-0.05, 0) is 54.3 Å². The first-order chi connectivity index (χ1) is 12.3. The number of esters is 1. The van der Waals surface area contributed by atoms with Gasteiger partial charge in [-0.2, -0.15) is 0 Å². The molecule has 0 bridgehead atoms. The molecule has 0 aliphatic heterocycles. The van der Waals surface area contributed by atoms with Crippen LogP contribution in [0.3, 0.4) is 0 Å². The first-order valence-electron chi connectivity index (χ1n) is 8.35. The van der Waals surface area contributed by atoms with Crippen molar-refractivity contribution in [3.05, 3.63) is 80.2 Å². The minimum Gasteiger partial charge on any atom is -0.457 e. The molecule has 3 rings (SSSR count). The Hall–Kier alpha value is -2.59. The average Bonchev–Trinajstić information content (AvgIpc) is 2.58. The monoisotopic (exact) mass is 370 g/mol. The third kappa shape index (κ3) is 3.81. The van der Waals surface area contributed by atoms with Crippen LogP contribution in [0.25, 0.3) is 11.0 Å². The Morgan fingerprint density at radius 3 is 2.65 bits per heavy atom. The number of carbonyl (C=O) groups is 1. The van der Waals surface area contributed by atoms with Crippen LogP contribution in [0.15, 0.2) is 51.7 Å². The number of hydrogen-bond acceptors (Lipinski definition) is 4. The summed E-state index contributed by atoms with van der Waals surface area (Å²) in [5, 5.41) is 1.24. The highest BCUT2D eigenvalue weighted by molar-refractivity contribution is 6.30. The normalized spacial score (nSPS) is 11.1. The zero-order valence-electron chi connectivity index (χ0n) is 14.8. The Kier molecular flexibility index (Phi) is 5.14. The molecule has 0 fully saturated rings.